The third-order valence-corrected chi connectivity index (χ3v) is 5.03. The maximum atomic E-state index is 13.4. The summed E-state index contributed by atoms with van der Waals surface area (Å²) in [5.41, 5.74) is 3.80. The van der Waals surface area contributed by atoms with E-state index in [0.29, 0.717) is 29.6 Å². The number of ether oxygens (including phenoxy) is 1. The van der Waals surface area contributed by atoms with Gasteiger partial charge in [-0.3, -0.25) is 4.79 Å². The minimum atomic E-state index is -0.520. The fourth-order valence-corrected chi connectivity index (χ4v) is 3.55. The molecule has 1 unspecified atom stereocenters. The number of hydrogen-bond donors (Lipinski definition) is 2. The Morgan fingerprint density at radius 3 is 2.73 bits per heavy atom. The van der Waals surface area contributed by atoms with Crippen LogP contribution in [0.1, 0.15) is 37.4 Å². The molecule has 1 aliphatic rings. The molecule has 2 N–H and O–H groups in total. The Hall–Kier alpha value is -3.68. The SMILES string of the molecule is CCCOc1ccccc1C1C(C(=O)Nc2ccccc2C)=C(C)Nc2nnnn21. The Morgan fingerprint density at radius 2 is 1.93 bits per heavy atom. The van der Waals surface area contributed by atoms with Gasteiger partial charge in [0, 0.05) is 16.9 Å². The van der Waals surface area contributed by atoms with Crippen LogP contribution < -0.4 is 15.4 Å². The Morgan fingerprint density at radius 1 is 1.17 bits per heavy atom. The molecule has 2 heterocycles. The quantitative estimate of drug-likeness (QED) is 0.651. The zero-order valence-electron chi connectivity index (χ0n) is 17.2. The molecule has 0 fully saturated rings. The average molecular weight is 404 g/mol. The molecule has 4 rings (SSSR count). The molecular formula is C22H24N6O2. The summed E-state index contributed by atoms with van der Waals surface area (Å²) in [5, 5.41) is 18.2. The number of fused-ring (bicyclic) bond motifs is 1. The zero-order chi connectivity index (χ0) is 21.1. The van der Waals surface area contributed by atoms with Crippen LogP contribution in [0.2, 0.25) is 0 Å². The van der Waals surface area contributed by atoms with Crippen molar-refractivity contribution in [2.24, 2.45) is 0 Å². The summed E-state index contributed by atoms with van der Waals surface area (Å²) in [4.78, 5) is 13.4. The number of amides is 1. The first-order valence-electron chi connectivity index (χ1n) is 9.94. The molecule has 154 valence electrons. The number of hydrogen-bond acceptors (Lipinski definition) is 6. The van der Waals surface area contributed by atoms with Crippen molar-refractivity contribution in [2.75, 3.05) is 17.2 Å². The van der Waals surface area contributed by atoms with Gasteiger partial charge in [-0.25, -0.2) is 0 Å². The van der Waals surface area contributed by atoms with Gasteiger partial charge in [0.15, 0.2) is 0 Å². The minimum absolute atomic E-state index is 0.217. The molecule has 1 atom stereocenters. The lowest BCUT2D eigenvalue weighted by Gasteiger charge is -2.29. The second kappa shape index (κ2) is 8.36. The largest absolute Gasteiger partial charge is 0.493 e. The number of nitrogens with one attached hydrogen (secondary N) is 2. The lowest BCUT2D eigenvalue weighted by atomic mass is 9.94. The number of anilines is 2. The zero-order valence-corrected chi connectivity index (χ0v) is 17.2. The van der Waals surface area contributed by atoms with E-state index in [2.05, 4.69) is 33.1 Å². The lowest BCUT2D eigenvalue weighted by molar-refractivity contribution is -0.113. The standard InChI is InChI=1S/C22H24N6O2/c1-4-13-30-18-12-8-6-10-16(18)20-19(15(3)23-22-25-26-27-28(20)22)21(29)24-17-11-7-5-9-14(17)2/h5-12,20H,4,13H2,1-3H3,(H,24,29)(H,23,25,27). The normalized spacial score (nSPS) is 15.4. The van der Waals surface area contributed by atoms with Crippen molar-refractivity contribution in [2.45, 2.75) is 33.2 Å². The highest BCUT2D eigenvalue weighted by molar-refractivity contribution is 6.06. The van der Waals surface area contributed by atoms with E-state index in [1.54, 1.807) is 4.68 Å². The van der Waals surface area contributed by atoms with Crippen LogP contribution in [0.25, 0.3) is 0 Å². The summed E-state index contributed by atoms with van der Waals surface area (Å²) < 4.78 is 7.59. The van der Waals surface area contributed by atoms with E-state index in [0.717, 1.165) is 23.2 Å². The van der Waals surface area contributed by atoms with E-state index >= 15 is 0 Å². The van der Waals surface area contributed by atoms with Gasteiger partial charge in [0.2, 0.25) is 5.95 Å². The molecule has 0 spiro atoms. The van der Waals surface area contributed by atoms with E-state index in [4.69, 9.17) is 4.74 Å². The highest BCUT2D eigenvalue weighted by atomic mass is 16.5. The smallest absolute Gasteiger partial charge is 0.255 e. The number of aromatic nitrogens is 4. The van der Waals surface area contributed by atoms with Crippen LogP contribution in [0.4, 0.5) is 11.6 Å². The molecular weight excluding hydrogens is 380 g/mol. The summed E-state index contributed by atoms with van der Waals surface area (Å²) in [6.45, 7) is 6.45. The van der Waals surface area contributed by atoms with Crippen molar-refractivity contribution in [1.29, 1.82) is 0 Å². The molecule has 8 nitrogen and oxygen atoms in total. The second-order valence-corrected chi connectivity index (χ2v) is 7.17. The predicted molar refractivity (Wildman–Crippen MR) is 114 cm³/mol. The number of aryl methyl sites for hydroxylation is 1. The molecule has 30 heavy (non-hydrogen) atoms. The van der Waals surface area contributed by atoms with Crippen LogP contribution in [0.15, 0.2) is 59.8 Å². The molecule has 1 aliphatic heterocycles. The number of benzene rings is 2. The molecule has 8 heteroatoms. The molecule has 3 aromatic rings. The summed E-state index contributed by atoms with van der Waals surface area (Å²) >= 11 is 0. The first kappa shape index (κ1) is 19.6. The van der Waals surface area contributed by atoms with Gasteiger partial charge in [-0.2, -0.15) is 4.68 Å². The third-order valence-electron chi connectivity index (χ3n) is 5.03. The highest BCUT2D eigenvalue weighted by Crippen LogP contribution is 2.39. The molecule has 0 saturated carbocycles. The number of nitrogens with zero attached hydrogens (tertiary/aromatic N) is 4. The van der Waals surface area contributed by atoms with E-state index in [1.165, 1.54) is 0 Å². The van der Waals surface area contributed by atoms with Crippen molar-refractivity contribution in [3.05, 3.63) is 70.9 Å². The summed E-state index contributed by atoms with van der Waals surface area (Å²) in [6, 6.07) is 14.8. The van der Waals surface area contributed by atoms with Gasteiger partial charge < -0.3 is 15.4 Å². The number of rotatable bonds is 6. The summed E-state index contributed by atoms with van der Waals surface area (Å²) in [7, 11) is 0. The first-order valence-corrected chi connectivity index (χ1v) is 9.94. The molecule has 0 radical (unpaired) electrons. The van der Waals surface area contributed by atoms with Crippen molar-refractivity contribution in [3.63, 3.8) is 0 Å². The van der Waals surface area contributed by atoms with Crippen molar-refractivity contribution < 1.29 is 9.53 Å². The van der Waals surface area contributed by atoms with E-state index in [9.17, 15) is 4.79 Å². The molecule has 0 saturated heterocycles. The van der Waals surface area contributed by atoms with E-state index < -0.39 is 6.04 Å². The summed E-state index contributed by atoms with van der Waals surface area (Å²) in [6.07, 6.45) is 0.881. The van der Waals surface area contributed by atoms with Gasteiger partial charge in [-0.05, 0) is 48.4 Å². The number of carbonyl (C=O) groups is 1. The Kier molecular flexibility index (Phi) is 5.47. The summed E-state index contributed by atoms with van der Waals surface area (Å²) in [5.74, 6) is 0.975. The monoisotopic (exact) mass is 404 g/mol. The van der Waals surface area contributed by atoms with Crippen LogP contribution in [0.3, 0.4) is 0 Å². The van der Waals surface area contributed by atoms with Gasteiger partial charge in [0.25, 0.3) is 5.91 Å². The van der Waals surface area contributed by atoms with Crippen molar-refractivity contribution >= 4 is 17.5 Å². The van der Waals surface area contributed by atoms with E-state index in [1.807, 2.05) is 62.4 Å². The van der Waals surface area contributed by atoms with Crippen LogP contribution in [-0.4, -0.2) is 32.7 Å². The van der Waals surface area contributed by atoms with Gasteiger partial charge in [-0.1, -0.05) is 48.4 Å². The van der Waals surface area contributed by atoms with Crippen LogP contribution in [-0.2, 0) is 4.79 Å². The van der Waals surface area contributed by atoms with Gasteiger partial charge in [0.1, 0.15) is 11.8 Å². The fraction of sp³-hybridized carbons (Fsp3) is 0.273. The van der Waals surface area contributed by atoms with Gasteiger partial charge >= 0.3 is 0 Å². The molecule has 0 aliphatic carbocycles. The highest BCUT2D eigenvalue weighted by Gasteiger charge is 2.35. The van der Waals surface area contributed by atoms with Crippen molar-refractivity contribution in [3.8, 4) is 5.75 Å². The Balaban J connectivity index is 1.79. The average Bonchev–Trinajstić information content (AvgIpc) is 3.21. The fourth-order valence-electron chi connectivity index (χ4n) is 3.55. The van der Waals surface area contributed by atoms with Crippen LogP contribution in [0.5, 0.6) is 5.75 Å². The Bertz CT molecular complexity index is 1100. The van der Waals surface area contributed by atoms with Gasteiger partial charge in [0.05, 0.1) is 12.2 Å². The maximum absolute atomic E-state index is 13.4. The number of para-hydroxylation sites is 2. The third kappa shape index (κ3) is 3.63. The molecule has 1 amide bonds. The number of allylic oxidation sites excluding steroid dienone is 1. The molecule has 1 aromatic heterocycles. The first-order chi connectivity index (χ1) is 14.6. The predicted octanol–water partition coefficient (Wildman–Crippen LogP) is 3.70. The topological polar surface area (TPSA) is 94.0 Å². The number of tetrazole rings is 1. The van der Waals surface area contributed by atoms with Crippen LogP contribution >= 0.6 is 0 Å². The van der Waals surface area contributed by atoms with Crippen LogP contribution in [0, 0.1) is 6.92 Å². The lowest BCUT2D eigenvalue weighted by Crippen LogP contribution is -2.32. The molecule has 0 bridgehead atoms. The maximum Gasteiger partial charge on any atom is 0.255 e. The van der Waals surface area contributed by atoms with Crippen molar-refractivity contribution in [1.82, 2.24) is 20.2 Å². The van der Waals surface area contributed by atoms with E-state index in [-0.39, 0.29) is 5.91 Å². The minimum Gasteiger partial charge on any atom is -0.493 e. The molecule has 2 aromatic carbocycles. The number of carbonyl (C=O) groups excluding carboxylic acids is 1. The van der Waals surface area contributed by atoms with Gasteiger partial charge in [-0.15, -0.1) is 0 Å². The Labute approximate surface area is 174 Å². The second-order valence-electron chi connectivity index (χ2n) is 7.17.